The zero-order valence-corrected chi connectivity index (χ0v) is 61.6. The number of unbranched alkanes of at least 4 members (excludes halogenated alkanes) is 8. The van der Waals surface area contributed by atoms with Crippen molar-refractivity contribution in [3.05, 3.63) is 135 Å². The molecule has 16 bridgehead atoms. The molecule has 8 aliphatic rings. The van der Waals surface area contributed by atoms with Crippen LogP contribution in [0.5, 0.6) is 0 Å². The molecule has 17 heteroatoms. The molecule has 0 aromatic carbocycles. The monoisotopic (exact) mass is 1380 g/mol. The van der Waals surface area contributed by atoms with E-state index in [4.69, 9.17) is 39.9 Å². The minimum absolute atomic E-state index is 0. The van der Waals surface area contributed by atoms with Gasteiger partial charge in [-0.05, 0) is 248 Å². The topological polar surface area (TPSA) is 229 Å². The quantitative estimate of drug-likeness (QED) is 0.0502. The first-order valence-electron chi connectivity index (χ1n) is 36.0. The molecule has 4 unspecified atom stereocenters. The average molecular weight is 1380 g/mol. The third-order valence-corrected chi connectivity index (χ3v) is 21.1. The number of aliphatic imine (C=N–C) groups is 6. The van der Waals surface area contributed by atoms with E-state index in [1.807, 2.05) is 13.8 Å². The number of rotatable bonds is 26. The molecule has 0 aliphatic carbocycles. The van der Waals surface area contributed by atoms with E-state index >= 15 is 0 Å². The normalized spacial score (nSPS) is 24.8. The predicted molar refractivity (Wildman–Crippen MR) is 387 cm³/mol. The molecule has 0 saturated carbocycles. The Hall–Kier alpha value is -6.96. The Bertz CT molecular complexity index is 3820. The number of aliphatic carboxylic acids is 2. The van der Waals surface area contributed by atoms with Gasteiger partial charge < -0.3 is 30.8 Å². The van der Waals surface area contributed by atoms with Gasteiger partial charge in [0.1, 0.15) is 33.4 Å². The van der Waals surface area contributed by atoms with Gasteiger partial charge in [0.05, 0.1) is 34.9 Å². The maximum absolute atomic E-state index is 13.4. The number of carboxylic acid groups (broad SMARTS) is 2. The van der Waals surface area contributed by atoms with Crippen LogP contribution in [-0.2, 0) is 42.9 Å². The molecule has 10 heterocycles. The number of nitrogens with one attached hydrogen (secondary N) is 4. The molecule has 0 amide bonds. The minimum Gasteiger partial charge on any atom is -0.481 e. The number of hydrogen-bond acceptors (Lipinski definition) is 12. The summed E-state index contributed by atoms with van der Waals surface area (Å²) in [5.74, 6) is 2.26. The standard InChI is InChI=1S/2C39H54N6O2.Pd/c2*1-9-13-17-27-23(5)34-40-30(27)21-31-28(18-14-10-2)24(6)36(41-31)45-37-26(8)39(38(46)47,20-16-12-4)33(43-37)22-32-29(19-15-11-3)25(7)35(42-32)44-34;/h2*21-22,33,43H,9-20H2,1-8H3,(H,46,47)(H,40,42,44);/b2*30-21-,32-22-,45-36-;. The first-order chi connectivity index (χ1) is 45.2. The number of allylic oxidation sites excluding steroid dienone is 4. The van der Waals surface area contributed by atoms with Crippen molar-refractivity contribution in [3.63, 3.8) is 0 Å². The number of hydrogen-bond donors (Lipinski definition) is 6. The molecule has 0 radical (unpaired) electrons. The Morgan fingerprint density at radius 1 is 0.411 bits per heavy atom. The Kier molecular flexibility index (Phi) is 25.2. The summed E-state index contributed by atoms with van der Waals surface area (Å²) in [7, 11) is 0. The number of carboxylic acids is 2. The van der Waals surface area contributed by atoms with E-state index in [0.29, 0.717) is 47.8 Å². The molecule has 16 nitrogen and oxygen atoms in total. The van der Waals surface area contributed by atoms with Crippen molar-refractivity contribution in [3.8, 4) is 0 Å². The molecule has 2 aromatic rings. The van der Waals surface area contributed by atoms with Crippen LogP contribution in [0.3, 0.4) is 0 Å². The molecule has 2 aromatic heterocycles. The number of amidine groups is 4. The van der Waals surface area contributed by atoms with Gasteiger partial charge in [-0.2, -0.15) is 0 Å². The number of H-pyrrole nitrogens is 2. The second-order valence-corrected chi connectivity index (χ2v) is 27.3. The molecule has 95 heavy (non-hydrogen) atoms. The van der Waals surface area contributed by atoms with E-state index in [1.54, 1.807) is 0 Å². The van der Waals surface area contributed by atoms with Gasteiger partial charge in [0.25, 0.3) is 0 Å². The Labute approximate surface area is 578 Å². The molecule has 514 valence electrons. The average Bonchev–Trinajstić information content (AvgIpc) is 1.60. The minimum atomic E-state index is -1.14. The van der Waals surface area contributed by atoms with Crippen molar-refractivity contribution in [2.24, 2.45) is 50.8 Å². The summed E-state index contributed by atoms with van der Waals surface area (Å²) < 4.78 is 0. The van der Waals surface area contributed by atoms with Crippen LogP contribution in [0.25, 0.3) is 12.2 Å². The molecule has 6 N–H and O–H groups in total. The van der Waals surface area contributed by atoms with Crippen LogP contribution in [0.1, 0.15) is 260 Å². The van der Waals surface area contributed by atoms with Crippen molar-refractivity contribution < 1.29 is 40.2 Å². The molecule has 8 aliphatic heterocycles. The van der Waals surface area contributed by atoms with Gasteiger partial charge in [0, 0.05) is 31.1 Å². The van der Waals surface area contributed by atoms with Gasteiger partial charge in [-0.1, -0.05) is 120 Å². The van der Waals surface area contributed by atoms with E-state index in [1.165, 1.54) is 22.3 Å². The van der Waals surface area contributed by atoms with Crippen LogP contribution >= 0.6 is 0 Å². The fourth-order valence-electron chi connectivity index (χ4n) is 14.8. The SMILES string of the molecule is CCCCC1=C(C)/C2=N/C3=C(C)C(CCCC)(C(=O)O)C(/C=C4\N=C(N=c5[nH]/c(c(CCCC)c5C)=C\C1=N2)C(C)=C4CCCC)N3.CCCCC1=C(C)/C2=N/C3=C(C)C(CCCC)(C(=O)O)C(/C=C4\N=C(N=c5[nH]/c(c(CCCC)c5C)=C\C1=N2)C(C)=C4CCCC)N3.[Pd]. The van der Waals surface area contributed by atoms with Gasteiger partial charge in [-0.15, -0.1) is 0 Å². The maximum Gasteiger partial charge on any atom is 0.316 e. The van der Waals surface area contributed by atoms with Crippen LogP contribution in [-0.4, -0.2) is 79.0 Å². The van der Waals surface area contributed by atoms with Crippen LogP contribution in [0, 0.1) is 24.7 Å². The second-order valence-electron chi connectivity index (χ2n) is 27.3. The Morgan fingerprint density at radius 3 is 1.04 bits per heavy atom. The smallest absolute Gasteiger partial charge is 0.316 e. The summed E-state index contributed by atoms with van der Waals surface area (Å²) in [5, 5.41) is 31.2. The number of nitrogens with zero attached hydrogens (tertiary/aromatic N) is 8. The van der Waals surface area contributed by atoms with Gasteiger partial charge in [-0.25, -0.2) is 39.9 Å². The van der Waals surface area contributed by atoms with Gasteiger partial charge in [0.2, 0.25) is 0 Å². The van der Waals surface area contributed by atoms with Crippen molar-refractivity contribution in [2.75, 3.05) is 0 Å². The third-order valence-electron chi connectivity index (χ3n) is 21.1. The number of aromatic nitrogens is 2. The number of carbonyl (C=O) groups is 2. The van der Waals surface area contributed by atoms with Crippen LogP contribution in [0.4, 0.5) is 0 Å². The summed E-state index contributed by atoms with van der Waals surface area (Å²) in [6.45, 7) is 34.1. The van der Waals surface area contributed by atoms with Crippen molar-refractivity contribution in [2.45, 2.75) is 277 Å². The molecule has 10 rings (SSSR count). The molecule has 4 atom stereocenters. The largest absolute Gasteiger partial charge is 0.481 e. The van der Waals surface area contributed by atoms with Crippen LogP contribution in [0.2, 0.25) is 0 Å². The van der Waals surface area contributed by atoms with Gasteiger partial charge in [0.15, 0.2) is 23.3 Å². The first-order valence-corrected chi connectivity index (χ1v) is 36.0. The summed E-state index contributed by atoms with van der Waals surface area (Å²) in [6, 6.07) is -1.03. The maximum atomic E-state index is 13.4. The summed E-state index contributed by atoms with van der Waals surface area (Å²) in [4.78, 5) is 75.3. The van der Waals surface area contributed by atoms with Gasteiger partial charge in [-0.3, -0.25) is 9.59 Å². The van der Waals surface area contributed by atoms with Crippen molar-refractivity contribution >= 4 is 58.9 Å². The van der Waals surface area contributed by atoms with Crippen LogP contribution < -0.4 is 32.3 Å². The van der Waals surface area contributed by atoms with Crippen molar-refractivity contribution in [1.82, 2.24) is 20.6 Å². The Balaban J connectivity index is 0.000000241. The van der Waals surface area contributed by atoms with E-state index in [9.17, 15) is 19.8 Å². The van der Waals surface area contributed by atoms with Crippen LogP contribution in [0.15, 0.2) is 131 Å². The number of fused-ring (bicyclic) bond motifs is 12. The third kappa shape index (κ3) is 14.7. The second kappa shape index (κ2) is 32.4. The molecule has 0 saturated heterocycles. The molecular weight excluding hydrogens is 1280 g/mol. The molecule has 0 spiro atoms. The van der Waals surface area contributed by atoms with Gasteiger partial charge >= 0.3 is 11.9 Å². The van der Waals surface area contributed by atoms with Crippen molar-refractivity contribution in [1.29, 1.82) is 0 Å². The van der Waals surface area contributed by atoms with E-state index in [-0.39, 0.29) is 20.4 Å². The predicted octanol–water partition coefficient (Wildman–Crippen LogP) is 15.4. The zero-order valence-electron chi connectivity index (χ0n) is 60.0. The summed E-state index contributed by atoms with van der Waals surface area (Å²) in [5.41, 5.74) is 18.1. The van der Waals surface area contributed by atoms with E-state index in [0.717, 1.165) is 241 Å². The summed E-state index contributed by atoms with van der Waals surface area (Å²) in [6.07, 6.45) is 31.2. The summed E-state index contributed by atoms with van der Waals surface area (Å²) >= 11 is 0. The first kappa shape index (κ1) is 73.8. The fraction of sp³-hybridized carbons (Fsp3) is 0.564. The zero-order chi connectivity index (χ0) is 67.8. The van der Waals surface area contributed by atoms with E-state index in [2.05, 4.69) is 142 Å². The molecule has 0 fully saturated rings. The Morgan fingerprint density at radius 2 is 0.716 bits per heavy atom. The number of aromatic amines is 2. The van der Waals surface area contributed by atoms with E-state index < -0.39 is 34.9 Å². The fourth-order valence-corrected chi connectivity index (χ4v) is 14.8. The molecular formula is C78H108N12O4Pd.